The van der Waals surface area contributed by atoms with Crippen LogP contribution in [0.5, 0.6) is 0 Å². The molecular formula is C17H13F2N3O4S. The molecule has 3 aromatic rings. The highest BCUT2D eigenvalue weighted by molar-refractivity contribution is 7.91. The van der Waals surface area contributed by atoms with Gasteiger partial charge in [0.05, 0.1) is 22.5 Å². The quantitative estimate of drug-likeness (QED) is 0.649. The minimum atomic E-state index is -4.02. The number of nitrogens with zero attached hydrogens (tertiary/aromatic N) is 1. The summed E-state index contributed by atoms with van der Waals surface area (Å²) in [7, 11) is -4.02. The van der Waals surface area contributed by atoms with Crippen LogP contribution < -0.4 is 10.6 Å². The Morgan fingerprint density at radius 3 is 2.37 bits per heavy atom. The fourth-order valence-corrected chi connectivity index (χ4v) is 3.44. The van der Waals surface area contributed by atoms with Gasteiger partial charge in [-0.25, -0.2) is 27.0 Å². The number of nitrogens with one attached hydrogen (secondary N) is 2. The number of carbonyl (C=O) groups excluding carboxylic acids is 1. The Bertz CT molecular complexity index is 1050. The maximum atomic E-state index is 13.3. The third-order valence-corrected chi connectivity index (χ3v) is 5.30. The van der Waals surface area contributed by atoms with Crippen LogP contribution in [0, 0.1) is 11.6 Å². The minimum absolute atomic E-state index is 0.124. The Hall–Kier alpha value is -3.27. The highest BCUT2D eigenvalue weighted by atomic mass is 32.2. The smallest absolute Gasteiger partial charge is 0.319 e. The molecule has 0 bridgehead atoms. The normalized spacial score (nSPS) is 11.2. The van der Waals surface area contributed by atoms with Crippen molar-refractivity contribution in [3.8, 4) is 0 Å². The molecule has 2 N–H and O–H groups in total. The molecule has 0 fully saturated rings. The molecule has 27 heavy (non-hydrogen) atoms. The summed E-state index contributed by atoms with van der Waals surface area (Å²) in [6, 6.07) is 7.08. The largest absolute Gasteiger partial charge is 0.447 e. The molecule has 140 valence electrons. The van der Waals surface area contributed by atoms with Crippen LogP contribution in [0.2, 0.25) is 0 Å². The van der Waals surface area contributed by atoms with E-state index in [1.807, 2.05) is 0 Å². The highest BCUT2D eigenvalue weighted by Gasteiger charge is 2.19. The monoisotopic (exact) mass is 393 g/mol. The van der Waals surface area contributed by atoms with Crippen LogP contribution in [0.25, 0.3) is 0 Å². The van der Waals surface area contributed by atoms with E-state index in [1.165, 1.54) is 36.9 Å². The number of rotatable bonds is 5. The van der Waals surface area contributed by atoms with Crippen molar-refractivity contribution in [2.75, 3.05) is 5.32 Å². The number of aromatic nitrogens is 1. The number of halogens is 2. The van der Waals surface area contributed by atoms with Crippen molar-refractivity contribution in [2.24, 2.45) is 0 Å². The summed E-state index contributed by atoms with van der Waals surface area (Å²) >= 11 is 0. The van der Waals surface area contributed by atoms with Gasteiger partial charge in [-0.05, 0) is 42.5 Å². The van der Waals surface area contributed by atoms with Gasteiger partial charge in [0.15, 0.2) is 18.0 Å². The van der Waals surface area contributed by atoms with Gasteiger partial charge in [-0.1, -0.05) is 0 Å². The fourth-order valence-electron chi connectivity index (χ4n) is 2.17. The second-order valence-corrected chi connectivity index (χ2v) is 7.33. The van der Waals surface area contributed by atoms with Crippen LogP contribution in [0.1, 0.15) is 5.76 Å². The Kier molecular flexibility index (Phi) is 5.17. The summed E-state index contributed by atoms with van der Waals surface area (Å²) in [6.45, 7) is 0.133. The maximum Gasteiger partial charge on any atom is 0.319 e. The lowest BCUT2D eigenvalue weighted by atomic mass is 10.3. The van der Waals surface area contributed by atoms with Gasteiger partial charge < -0.3 is 15.1 Å². The van der Waals surface area contributed by atoms with Gasteiger partial charge >= 0.3 is 6.03 Å². The predicted molar refractivity (Wildman–Crippen MR) is 90.6 cm³/mol. The molecule has 0 saturated heterocycles. The van der Waals surface area contributed by atoms with Crippen molar-refractivity contribution in [2.45, 2.75) is 16.3 Å². The van der Waals surface area contributed by atoms with E-state index in [9.17, 15) is 22.0 Å². The average molecular weight is 393 g/mol. The number of hydrogen-bond donors (Lipinski definition) is 2. The van der Waals surface area contributed by atoms with Crippen molar-refractivity contribution in [3.05, 3.63) is 72.4 Å². The highest BCUT2D eigenvalue weighted by Crippen LogP contribution is 2.23. The molecule has 0 aliphatic carbocycles. The molecule has 2 aromatic carbocycles. The van der Waals surface area contributed by atoms with E-state index in [1.54, 1.807) is 0 Å². The minimum Gasteiger partial charge on any atom is -0.447 e. The first-order valence-electron chi connectivity index (χ1n) is 7.59. The third-order valence-electron chi connectivity index (χ3n) is 3.53. The molecule has 0 saturated carbocycles. The topological polar surface area (TPSA) is 101 Å². The number of oxazole rings is 1. The number of carbonyl (C=O) groups is 1. The molecule has 1 heterocycles. The molecule has 3 rings (SSSR count). The molecule has 0 aliphatic rings. The lowest BCUT2D eigenvalue weighted by Gasteiger charge is -2.08. The first-order valence-corrected chi connectivity index (χ1v) is 9.07. The molecule has 0 spiro atoms. The van der Waals surface area contributed by atoms with Crippen LogP contribution in [-0.2, 0) is 16.4 Å². The molecular weight excluding hydrogens is 380 g/mol. The Morgan fingerprint density at radius 1 is 1.04 bits per heavy atom. The summed E-state index contributed by atoms with van der Waals surface area (Å²) in [5, 5.41) is 5.06. The first-order chi connectivity index (χ1) is 12.9. The number of urea groups is 1. The van der Waals surface area contributed by atoms with Gasteiger partial charge in [0.25, 0.3) is 0 Å². The molecule has 0 atom stereocenters. The van der Waals surface area contributed by atoms with Gasteiger partial charge in [-0.2, -0.15) is 0 Å². The number of amides is 2. The zero-order valence-corrected chi connectivity index (χ0v) is 14.5. The number of hydrogen-bond acceptors (Lipinski definition) is 5. The van der Waals surface area contributed by atoms with E-state index in [0.29, 0.717) is 17.5 Å². The van der Waals surface area contributed by atoms with Crippen LogP contribution in [0.3, 0.4) is 0 Å². The Morgan fingerprint density at radius 2 is 1.74 bits per heavy atom. The van der Waals surface area contributed by atoms with Crippen LogP contribution in [0.4, 0.5) is 19.3 Å². The van der Waals surface area contributed by atoms with E-state index in [4.69, 9.17) is 4.42 Å². The number of sulfone groups is 1. The first kappa shape index (κ1) is 18.5. The van der Waals surface area contributed by atoms with Crippen LogP contribution >= 0.6 is 0 Å². The number of benzene rings is 2. The van der Waals surface area contributed by atoms with Gasteiger partial charge in [0, 0.05) is 5.69 Å². The van der Waals surface area contributed by atoms with E-state index in [2.05, 4.69) is 15.6 Å². The molecule has 1 aromatic heterocycles. The SMILES string of the molecule is O=C(NCc1cnco1)Nc1ccc(S(=O)(=O)c2ccc(F)c(F)c2)cc1. The molecule has 2 amide bonds. The molecule has 7 nitrogen and oxygen atoms in total. The molecule has 10 heteroatoms. The summed E-state index contributed by atoms with van der Waals surface area (Å²) in [5.41, 5.74) is 0.342. The lowest BCUT2D eigenvalue weighted by molar-refractivity contribution is 0.251. The van der Waals surface area contributed by atoms with Crippen molar-refractivity contribution < 1.29 is 26.4 Å². The van der Waals surface area contributed by atoms with Gasteiger partial charge in [-0.3, -0.25) is 0 Å². The van der Waals surface area contributed by atoms with E-state index < -0.39 is 27.5 Å². The lowest BCUT2D eigenvalue weighted by Crippen LogP contribution is -2.27. The van der Waals surface area contributed by atoms with Crippen molar-refractivity contribution in [1.29, 1.82) is 0 Å². The van der Waals surface area contributed by atoms with E-state index >= 15 is 0 Å². The summed E-state index contributed by atoms with van der Waals surface area (Å²) in [5.74, 6) is -1.92. The second kappa shape index (κ2) is 7.54. The van der Waals surface area contributed by atoms with Crippen molar-refractivity contribution in [3.63, 3.8) is 0 Å². The number of anilines is 1. The predicted octanol–water partition coefficient (Wildman–Crippen LogP) is 3.11. The summed E-state index contributed by atoms with van der Waals surface area (Å²) < 4.78 is 56.2. The Balaban J connectivity index is 1.68. The third kappa shape index (κ3) is 4.29. The summed E-state index contributed by atoms with van der Waals surface area (Å²) in [6.07, 6.45) is 2.69. The van der Waals surface area contributed by atoms with Gasteiger partial charge in [-0.15, -0.1) is 0 Å². The average Bonchev–Trinajstić information content (AvgIpc) is 3.16. The second-order valence-electron chi connectivity index (χ2n) is 5.38. The fraction of sp³-hybridized carbons (Fsp3) is 0.0588. The zero-order chi connectivity index (χ0) is 19.4. The van der Waals surface area contributed by atoms with E-state index in [0.717, 1.165) is 12.1 Å². The van der Waals surface area contributed by atoms with Crippen LogP contribution in [-0.4, -0.2) is 19.4 Å². The molecule has 0 aliphatic heterocycles. The van der Waals surface area contributed by atoms with Gasteiger partial charge in [0.1, 0.15) is 5.76 Å². The zero-order valence-electron chi connectivity index (χ0n) is 13.6. The van der Waals surface area contributed by atoms with Crippen molar-refractivity contribution in [1.82, 2.24) is 10.3 Å². The van der Waals surface area contributed by atoms with Crippen LogP contribution in [0.15, 0.2) is 69.3 Å². The maximum absolute atomic E-state index is 13.3. The van der Waals surface area contributed by atoms with Gasteiger partial charge in [0.2, 0.25) is 9.84 Å². The van der Waals surface area contributed by atoms with Crippen molar-refractivity contribution >= 4 is 21.6 Å². The molecule has 0 radical (unpaired) electrons. The van der Waals surface area contributed by atoms with E-state index in [-0.39, 0.29) is 16.3 Å². The Labute approximate surface area is 153 Å². The standard InChI is InChI=1S/C17H13F2N3O4S/c18-15-6-5-14(7-16(15)19)27(24,25)13-3-1-11(2-4-13)22-17(23)21-9-12-8-20-10-26-12/h1-8,10H,9H2,(H2,21,22,23). The molecule has 0 unspecified atom stereocenters. The summed E-state index contributed by atoms with van der Waals surface area (Å²) in [4.78, 5) is 15.0.